The molecule has 29 heavy (non-hydrogen) atoms. The van der Waals surface area contributed by atoms with E-state index < -0.39 is 0 Å². The number of nitrogens with zero attached hydrogens (tertiary/aromatic N) is 3. The number of aryl methyl sites for hydroxylation is 1. The average Bonchev–Trinajstić information content (AvgIpc) is 3.26. The van der Waals surface area contributed by atoms with Crippen LogP contribution in [-0.4, -0.2) is 27.1 Å². The number of fused-ring (bicyclic) bond motifs is 1. The number of carbonyl (C=O) groups excluding carboxylic acids is 1. The first-order chi connectivity index (χ1) is 14.0. The lowest BCUT2D eigenvalue weighted by Gasteiger charge is -2.11. The van der Waals surface area contributed by atoms with Crippen LogP contribution in [0.1, 0.15) is 11.1 Å². The number of carbonyl (C=O) groups is 1. The Kier molecular flexibility index (Phi) is 5.41. The number of anilines is 1. The lowest BCUT2D eigenvalue weighted by molar-refractivity contribution is -0.118. The number of hydrogen-bond donors (Lipinski definition) is 1. The van der Waals surface area contributed by atoms with Gasteiger partial charge < -0.3 is 10.1 Å². The number of benzene rings is 2. The van der Waals surface area contributed by atoms with Gasteiger partial charge in [-0.25, -0.2) is 4.98 Å². The highest BCUT2D eigenvalue weighted by molar-refractivity contribution is 9.10. The van der Waals surface area contributed by atoms with Gasteiger partial charge in [-0.15, -0.1) is 0 Å². The molecule has 0 aliphatic heterocycles. The summed E-state index contributed by atoms with van der Waals surface area (Å²) in [4.78, 5) is 29.3. The zero-order valence-corrected chi connectivity index (χ0v) is 17.7. The second kappa shape index (κ2) is 8.14. The van der Waals surface area contributed by atoms with Crippen molar-refractivity contribution < 1.29 is 9.53 Å². The van der Waals surface area contributed by atoms with Gasteiger partial charge in [0.05, 0.1) is 4.53 Å². The van der Waals surface area contributed by atoms with Gasteiger partial charge in [0.1, 0.15) is 12.1 Å². The molecule has 4 rings (SSSR count). The fraction of sp³-hybridized carbons (Fsp3) is 0.100. The maximum atomic E-state index is 12.4. The fourth-order valence-electron chi connectivity index (χ4n) is 2.72. The summed E-state index contributed by atoms with van der Waals surface area (Å²) >= 11 is 4.67. The molecule has 146 valence electrons. The summed E-state index contributed by atoms with van der Waals surface area (Å²) in [6, 6.07) is 12.9. The van der Waals surface area contributed by atoms with Crippen molar-refractivity contribution in [3.63, 3.8) is 0 Å². The van der Waals surface area contributed by atoms with Crippen LogP contribution in [0.4, 0.5) is 5.69 Å². The molecule has 0 bridgehead atoms. The van der Waals surface area contributed by atoms with Crippen LogP contribution in [-0.2, 0) is 4.79 Å². The van der Waals surface area contributed by atoms with Gasteiger partial charge in [-0.05, 0) is 42.8 Å². The largest absolute Gasteiger partial charge is 0.483 e. The van der Waals surface area contributed by atoms with Gasteiger partial charge in [0.2, 0.25) is 4.96 Å². The Labute approximate surface area is 177 Å². The third-order valence-corrected chi connectivity index (χ3v) is 5.62. The Morgan fingerprint density at radius 3 is 2.93 bits per heavy atom. The minimum atomic E-state index is -0.267. The summed E-state index contributed by atoms with van der Waals surface area (Å²) in [7, 11) is 0. The number of hydrogen-bond acceptors (Lipinski definition) is 6. The van der Waals surface area contributed by atoms with E-state index in [1.54, 1.807) is 12.1 Å². The first kappa shape index (κ1) is 19.3. The molecule has 0 aliphatic carbocycles. The van der Waals surface area contributed by atoms with E-state index in [1.807, 2.05) is 43.3 Å². The molecule has 1 N–H and O–H groups in total. The van der Waals surface area contributed by atoms with Crippen molar-refractivity contribution in [2.75, 3.05) is 11.9 Å². The summed E-state index contributed by atoms with van der Waals surface area (Å²) in [5.41, 5.74) is 2.14. The predicted molar refractivity (Wildman–Crippen MR) is 115 cm³/mol. The van der Waals surface area contributed by atoms with E-state index in [9.17, 15) is 9.59 Å². The van der Waals surface area contributed by atoms with E-state index in [-0.39, 0.29) is 18.1 Å². The van der Waals surface area contributed by atoms with Crippen LogP contribution in [0.5, 0.6) is 5.75 Å². The number of ether oxygens (including phenoxy) is 1. The molecule has 0 radical (unpaired) electrons. The lowest BCUT2D eigenvalue weighted by atomic mass is 10.2. The Hall–Kier alpha value is -3.04. The summed E-state index contributed by atoms with van der Waals surface area (Å²) < 4.78 is 8.29. The third kappa shape index (κ3) is 4.20. The standard InChI is InChI=1S/C20H15BrN4O3S/c1-12-4-2-3-5-15(12)24-18(26)10-28-16-7-6-14(21)8-13(16)9-17-19(27)25-20(29-17)22-11-23-25/h2-9,11H,10H2,1H3,(H,24,26)/b17-9-. The summed E-state index contributed by atoms with van der Waals surface area (Å²) in [6.45, 7) is 1.77. The monoisotopic (exact) mass is 470 g/mol. The fourth-order valence-corrected chi connectivity index (χ4v) is 3.98. The van der Waals surface area contributed by atoms with Crippen LogP contribution < -0.4 is 20.1 Å². The van der Waals surface area contributed by atoms with E-state index in [2.05, 4.69) is 31.3 Å². The highest BCUT2D eigenvalue weighted by Gasteiger charge is 2.10. The van der Waals surface area contributed by atoms with E-state index in [0.717, 1.165) is 15.7 Å². The third-order valence-electron chi connectivity index (χ3n) is 4.16. The van der Waals surface area contributed by atoms with E-state index in [4.69, 9.17) is 4.74 Å². The molecule has 4 aromatic rings. The molecule has 2 aromatic heterocycles. The van der Waals surface area contributed by atoms with Crippen molar-refractivity contribution >= 4 is 49.9 Å². The molecule has 0 saturated heterocycles. The van der Waals surface area contributed by atoms with Gasteiger partial charge in [-0.1, -0.05) is 45.5 Å². The SMILES string of the molecule is Cc1ccccc1NC(=O)COc1ccc(Br)cc1/C=c1\sc2ncnn2c1=O. The number of amides is 1. The van der Waals surface area contributed by atoms with Gasteiger partial charge >= 0.3 is 0 Å². The Bertz CT molecular complexity index is 1320. The zero-order valence-electron chi connectivity index (χ0n) is 15.3. The van der Waals surface area contributed by atoms with Crippen LogP contribution in [0.2, 0.25) is 0 Å². The van der Waals surface area contributed by atoms with E-state index in [1.165, 1.54) is 22.2 Å². The summed E-state index contributed by atoms with van der Waals surface area (Å²) in [5, 5.41) is 6.75. The van der Waals surface area contributed by atoms with Gasteiger partial charge in [0.15, 0.2) is 6.61 Å². The van der Waals surface area contributed by atoms with E-state index in [0.29, 0.717) is 20.8 Å². The maximum absolute atomic E-state index is 12.4. The van der Waals surface area contributed by atoms with Crippen molar-refractivity contribution in [2.45, 2.75) is 6.92 Å². The van der Waals surface area contributed by atoms with Crippen molar-refractivity contribution in [2.24, 2.45) is 0 Å². The second-order valence-corrected chi connectivity index (χ2v) is 8.13. The number of halogens is 1. The summed E-state index contributed by atoms with van der Waals surface area (Å²) in [5.74, 6) is 0.225. The van der Waals surface area contributed by atoms with Gasteiger partial charge in [0, 0.05) is 15.7 Å². The topological polar surface area (TPSA) is 85.6 Å². The van der Waals surface area contributed by atoms with Gasteiger partial charge in [0.25, 0.3) is 11.5 Å². The molecule has 0 spiro atoms. The molecule has 2 heterocycles. The molecule has 0 fully saturated rings. The molecule has 0 atom stereocenters. The van der Waals surface area contributed by atoms with Crippen LogP contribution >= 0.6 is 27.3 Å². The molecule has 1 amide bonds. The number of aromatic nitrogens is 3. The van der Waals surface area contributed by atoms with E-state index >= 15 is 0 Å². The first-order valence-corrected chi connectivity index (χ1v) is 10.2. The van der Waals surface area contributed by atoms with Crippen molar-refractivity contribution in [1.82, 2.24) is 14.6 Å². The van der Waals surface area contributed by atoms with Crippen molar-refractivity contribution in [3.8, 4) is 5.75 Å². The molecule has 0 unspecified atom stereocenters. The number of para-hydroxylation sites is 1. The minimum Gasteiger partial charge on any atom is -0.483 e. The highest BCUT2D eigenvalue weighted by atomic mass is 79.9. The van der Waals surface area contributed by atoms with Crippen LogP contribution in [0.15, 0.2) is 58.1 Å². The molecule has 7 nitrogen and oxygen atoms in total. The number of nitrogens with one attached hydrogen (secondary N) is 1. The lowest BCUT2D eigenvalue weighted by Crippen LogP contribution is -2.24. The molecule has 9 heteroatoms. The van der Waals surface area contributed by atoms with Crippen LogP contribution in [0.25, 0.3) is 11.0 Å². The van der Waals surface area contributed by atoms with Crippen molar-refractivity contribution in [3.05, 3.63) is 79.3 Å². The zero-order chi connectivity index (χ0) is 20.4. The Balaban J connectivity index is 1.57. The first-order valence-electron chi connectivity index (χ1n) is 8.63. The van der Waals surface area contributed by atoms with Crippen molar-refractivity contribution in [1.29, 1.82) is 0 Å². The molecular formula is C20H15BrN4O3S. The average molecular weight is 471 g/mol. The quantitative estimate of drug-likeness (QED) is 0.484. The van der Waals surface area contributed by atoms with Crippen LogP contribution in [0, 0.1) is 6.92 Å². The number of rotatable bonds is 5. The predicted octanol–water partition coefficient (Wildman–Crippen LogP) is 2.79. The molecule has 2 aromatic carbocycles. The molecule has 0 aliphatic rings. The van der Waals surface area contributed by atoms with Crippen LogP contribution in [0.3, 0.4) is 0 Å². The normalized spacial score (nSPS) is 11.7. The maximum Gasteiger partial charge on any atom is 0.291 e. The minimum absolute atomic E-state index is 0.156. The number of thiazole rings is 1. The second-order valence-electron chi connectivity index (χ2n) is 6.20. The molecular weight excluding hydrogens is 456 g/mol. The smallest absolute Gasteiger partial charge is 0.291 e. The Morgan fingerprint density at radius 1 is 1.31 bits per heavy atom. The summed E-state index contributed by atoms with van der Waals surface area (Å²) in [6.07, 6.45) is 3.06. The molecule has 0 saturated carbocycles. The van der Waals surface area contributed by atoms with Gasteiger partial charge in [-0.3, -0.25) is 9.59 Å². The van der Waals surface area contributed by atoms with Gasteiger partial charge in [-0.2, -0.15) is 9.61 Å². The highest BCUT2D eigenvalue weighted by Crippen LogP contribution is 2.24. The Morgan fingerprint density at radius 2 is 2.14 bits per heavy atom.